The summed E-state index contributed by atoms with van der Waals surface area (Å²) in [5.41, 5.74) is 2.27. The first kappa shape index (κ1) is 21.1. The highest BCUT2D eigenvalue weighted by Gasteiger charge is 2.27. The van der Waals surface area contributed by atoms with E-state index in [0.717, 1.165) is 49.1 Å². The second-order valence-corrected chi connectivity index (χ2v) is 8.42. The number of nitrogens with zero attached hydrogens (tertiary/aromatic N) is 2. The van der Waals surface area contributed by atoms with Gasteiger partial charge in [0.25, 0.3) is 0 Å². The standard InChI is InChI=1S/C25H29ClN2O2/c1-18(28-14-12-27(13-15-28)17-19-6-4-3-5-7-19)25(29)21-8-10-22-20(16-21)9-11-23(30-2)24(22)26/h3-11,16,18,25,29H,12-15,17H2,1-2H3/t18-,25+/m0/s1. The Labute approximate surface area is 183 Å². The van der Waals surface area contributed by atoms with Crippen molar-refractivity contribution in [1.82, 2.24) is 9.80 Å². The Bertz CT molecular complexity index is 987. The van der Waals surface area contributed by atoms with Crippen molar-refractivity contribution in [2.24, 2.45) is 0 Å². The highest BCUT2D eigenvalue weighted by atomic mass is 35.5. The van der Waals surface area contributed by atoms with Gasteiger partial charge in [-0.25, -0.2) is 0 Å². The number of aliphatic hydroxyl groups excluding tert-OH is 1. The first-order valence-corrected chi connectivity index (χ1v) is 10.9. The van der Waals surface area contributed by atoms with Gasteiger partial charge in [-0.15, -0.1) is 0 Å². The lowest BCUT2D eigenvalue weighted by Crippen LogP contribution is -2.50. The van der Waals surface area contributed by atoms with Crippen LogP contribution >= 0.6 is 11.6 Å². The number of halogens is 1. The number of rotatable bonds is 6. The van der Waals surface area contributed by atoms with Gasteiger partial charge in [-0.3, -0.25) is 9.80 Å². The number of benzene rings is 3. The molecule has 4 rings (SSSR count). The average molecular weight is 425 g/mol. The highest BCUT2D eigenvalue weighted by molar-refractivity contribution is 6.37. The van der Waals surface area contributed by atoms with Crippen molar-refractivity contribution in [1.29, 1.82) is 0 Å². The fourth-order valence-electron chi connectivity index (χ4n) is 4.28. The van der Waals surface area contributed by atoms with Gasteiger partial charge in [0.1, 0.15) is 5.75 Å². The molecule has 0 radical (unpaired) electrons. The van der Waals surface area contributed by atoms with Crippen LogP contribution in [0.15, 0.2) is 60.7 Å². The van der Waals surface area contributed by atoms with Crippen LogP contribution in [0.4, 0.5) is 0 Å². The van der Waals surface area contributed by atoms with Crippen LogP contribution in [0.25, 0.3) is 10.8 Å². The van der Waals surface area contributed by atoms with Gasteiger partial charge in [-0.05, 0) is 35.6 Å². The van der Waals surface area contributed by atoms with E-state index in [0.29, 0.717) is 10.8 Å². The van der Waals surface area contributed by atoms with Crippen molar-refractivity contribution in [3.8, 4) is 5.75 Å². The van der Waals surface area contributed by atoms with E-state index >= 15 is 0 Å². The zero-order valence-corrected chi connectivity index (χ0v) is 18.3. The van der Waals surface area contributed by atoms with Gasteiger partial charge in [0.2, 0.25) is 0 Å². The van der Waals surface area contributed by atoms with Gasteiger partial charge < -0.3 is 9.84 Å². The molecule has 0 aliphatic carbocycles. The Morgan fingerprint density at radius 3 is 2.43 bits per heavy atom. The van der Waals surface area contributed by atoms with Crippen LogP contribution in [-0.2, 0) is 6.54 Å². The Hall–Kier alpha value is -2.11. The molecule has 1 aliphatic heterocycles. The van der Waals surface area contributed by atoms with Crippen LogP contribution in [0.3, 0.4) is 0 Å². The molecule has 30 heavy (non-hydrogen) atoms. The first-order chi connectivity index (χ1) is 14.6. The third-order valence-electron chi connectivity index (χ3n) is 6.19. The van der Waals surface area contributed by atoms with E-state index in [2.05, 4.69) is 47.1 Å². The predicted molar refractivity (Wildman–Crippen MR) is 123 cm³/mol. The molecular formula is C25H29ClN2O2. The van der Waals surface area contributed by atoms with Crippen molar-refractivity contribution in [3.05, 3.63) is 76.8 Å². The molecule has 1 N–H and O–H groups in total. The van der Waals surface area contributed by atoms with Crippen molar-refractivity contribution in [2.45, 2.75) is 25.6 Å². The molecule has 1 aliphatic rings. The minimum absolute atomic E-state index is 0.0510. The summed E-state index contributed by atoms with van der Waals surface area (Å²) >= 11 is 6.43. The summed E-state index contributed by atoms with van der Waals surface area (Å²) < 4.78 is 5.30. The number of methoxy groups -OCH3 is 1. The number of ether oxygens (including phenoxy) is 1. The Morgan fingerprint density at radius 2 is 1.73 bits per heavy atom. The molecule has 0 amide bonds. The molecule has 4 nitrogen and oxygen atoms in total. The lowest BCUT2D eigenvalue weighted by Gasteiger charge is -2.39. The maximum atomic E-state index is 11.1. The molecule has 3 aromatic carbocycles. The molecule has 0 bridgehead atoms. The molecule has 0 spiro atoms. The minimum atomic E-state index is -0.545. The number of aliphatic hydroxyl groups is 1. The van der Waals surface area contributed by atoms with Gasteiger partial charge in [0, 0.05) is 44.2 Å². The van der Waals surface area contributed by atoms with Gasteiger partial charge in [-0.1, -0.05) is 60.1 Å². The summed E-state index contributed by atoms with van der Waals surface area (Å²) in [6.45, 7) is 7.05. The van der Waals surface area contributed by atoms with E-state index in [-0.39, 0.29) is 6.04 Å². The summed E-state index contributed by atoms with van der Waals surface area (Å²) in [7, 11) is 1.62. The van der Waals surface area contributed by atoms with E-state index < -0.39 is 6.10 Å². The van der Waals surface area contributed by atoms with E-state index in [1.54, 1.807) is 7.11 Å². The van der Waals surface area contributed by atoms with Crippen LogP contribution in [0.2, 0.25) is 5.02 Å². The zero-order chi connectivity index (χ0) is 21.1. The summed E-state index contributed by atoms with van der Waals surface area (Å²) in [5, 5.41) is 13.6. The molecule has 0 saturated carbocycles. The Kier molecular flexibility index (Phi) is 6.59. The van der Waals surface area contributed by atoms with Crippen molar-refractivity contribution >= 4 is 22.4 Å². The average Bonchev–Trinajstić information content (AvgIpc) is 2.79. The van der Waals surface area contributed by atoms with Crippen molar-refractivity contribution < 1.29 is 9.84 Å². The van der Waals surface area contributed by atoms with Crippen LogP contribution in [0, 0.1) is 0 Å². The molecular weight excluding hydrogens is 396 g/mol. The SMILES string of the molecule is COc1ccc2cc([C@H](O)[C@H](C)N3CCN(Cc4ccccc4)CC3)ccc2c1Cl. The summed E-state index contributed by atoms with van der Waals surface area (Å²) in [5.74, 6) is 0.666. The minimum Gasteiger partial charge on any atom is -0.495 e. The second-order valence-electron chi connectivity index (χ2n) is 8.05. The van der Waals surface area contributed by atoms with Crippen molar-refractivity contribution in [3.63, 3.8) is 0 Å². The molecule has 5 heteroatoms. The van der Waals surface area contributed by atoms with E-state index in [1.165, 1.54) is 5.56 Å². The lowest BCUT2D eigenvalue weighted by molar-refractivity contribution is 0.0245. The van der Waals surface area contributed by atoms with Crippen LogP contribution < -0.4 is 4.74 Å². The quantitative estimate of drug-likeness (QED) is 0.619. The zero-order valence-electron chi connectivity index (χ0n) is 17.6. The summed E-state index contributed by atoms with van der Waals surface area (Å²) in [6, 6.07) is 20.5. The monoisotopic (exact) mass is 424 g/mol. The van der Waals surface area contributed by atoms with Gasteiger partial charge in [-0.2, -0.15) is 0 Å². The smallest absolute Gasteiger partial charge is 0.138 e. The summed E-state index contributed by atoms with van der Waals surface area (Å²) in [6.07, 6.45) is -0.545. The maximum absolute atomic E-state index is 11.1. The second kappa shape index (κ2) is 9.36. The molecule has 158 valence electrons. The molecule has 0 unspecified atom stereocenters. The molecule has 1 fully saturated rings. The lowest BCUT2D eigenvalue weighted by atomic mass is 9.98. The predicted octanol–water partition coefficient (Wildman–Crippen LogP) is 4.74. The van der Waals surface area contributed by atoms with E-state index in [1.807, 2.05) is 30.3 Å². The summed E-state index contributed by atoms with van der Waals surface area (Å²) in [4.78, 5) is 4.87. The maximum Gasteiger partial charge on any atom is 0.138 e. The first-order valence-electron chi connectivity index (χ1n) is 10.5. The van der Waals surface area contributed by atoms with Gasteiger partial charge >= 0.3 is 0 Å². The van der Waals surface area contributed by atoms with Gasteiger partial charge in [0.05, 0.1) is 18.2 Å². The molecule has 1 saturated heterocycles. The van der Waals surface area contributed by atoms with Crippen LogP contribution in [0.5, 0.6) is 5.75 Å². The fourth-order valence-corrected chi connectivity index (χ4v) is 4.59. The largest absolute Gasteiger partial charge is 0.495 e. The van der Waals surface area contributed by atoms with Crippen molar-refractivity contribution in [2.75, 3.05) is 33.3 Å². The number of fused-ring (bicyclic) bond motifs is 1. The van der Waals surface area contributed by atoms with Gasteiger partial charge in [0.15, 0.2) is 0 Å². The van der Waals surface area contributed by atoms with E-state index in [9.17, 15) is 5.11 Å². The van der Waals surface area contributed by atoms with E-state index in [4.69, 9.17) is 16.3 Å². The Balaban J connectivity index is 1.40. The fraction of sp³-hybridized carbons (Fsp3) is 0.360. The number of piperazine rings is 1. The third kappa shape index (κ3) is 4.47. The number of hydrogen-bond acceptors (Lipinski definition) is 4. The van der Waals surface area contributed by atoms with Crippen LogP contribution in [0.1, 0.15) is 24.2 Å². The highest BCUT2D eigenvalue weighted by Crippen LogP contribution is 2.34. The third-order valence-corrected chi connectivity index (χ3v) is 6.58. The number of hydrogen-bond donors (Lipinski definition) is 1. The van der Waals surface area contributed by atoms with Crippen LogP contribution in [-0.4, -0.2) is 54.2 Å². The normalized spacial score (nSPS) is 17.7. The molecule has 0 aromatic heterocycles. The molecule has 3 aromatic rings. The molecule has 2 atom stereocenters. The Morgan fingerprint density at radius 1 is 1.00 bits per heavy atom. The molecule has 1 heterocycles. The topological polar surface area (TPSA) is 35.9 Å².